The van der Waals surface area contributed by atoms with E-state index >= 15 is 0 Å². The van der Waals surface area contributed by atoms with Crippen LogP contribution < -0.4 is 5.32 Å². The fourth-order valence-electron chi connectivity index (χ4n) is 3.01. The second-order valence-electron chi connectivity index (χ2n) is 6.25. The monoisotopic (exact) mass is 296 g/mol. The van der Waals surface area contributed by atoms with Crippen LogP contribution in [-0.4, -0.2) is 34.0 Å². The molecule has 0 saturated carbocycles. The summed E-state index contributed by atoms with van der Waals surface area (Å²) in [6.07, 6.45) is 4.06. The Morgan fingerprint density at radius 1 is 1.18 bits per heavy atom. The largest absolute Gasteiger partial charge is 0.366 e. The van der Waals surface area contributed by atoms with E-state index in [-0.39, 0.29) is 0 Å². The van der Waals surface area contributed by atoms with Gasteiger partial charge in [-0.3, -0.25) is 4.90 Å². The van der Waals surface area contributed by atoms with E-state index < -0.39 is 0 Å². The Morgan fingerprint density at radius 3 is 2.77 bits per heavy atom. The van der Waals surface area contributed by atoms with Gasteiger partial charge in [0.2, 0.25) is 0 Å². The molecule has 1 saturated heterocycles. The predicted molar refractivity (Wildman–Crippen MR) is 89.9 cm³/mol. The lowest BCUT2D eigenvalue weighted by atomic mass is 10.0. The van der Waals surface area contributed by atoms with Crippen LogP contribution in [0.5, 0.6) is 0 Å². The molecule has 4 nitrogen and oxygen atoms in total. The number of hydrogen-bond donors (Lipinski definition) is 1. The molecule has 1 aliphatic rings. The molecule has 1 unspecified atom stereocenters. The molecule has 0 aliphatic carbocycles. The molecule has 0 bridgehead atoms. The average Bonchev–Trinajstić information content (AvgIpc) is 2.50. The van der Waals surface area contributed by atoms with Crippen LogP contribution in [0, 0.1) is 13.8 Å². The average molecular weight is 296 g/mol. The second kappa shape index (κ2) is 6.88. The van der Waals surface area contributed by atoms with E-state index in [0.29, 0.717) is 6.04 Å². The normalized spacial score (nSPS) is 19.1. The molecule has 3 rings (SSSR count). The second-order valence-corrected chi connectivity index (χ2v) is 6.25. The molecule has 22 heavy (non-hydrogen) atoms. The number of anilines is 1. The van der Waals surface area contributed by atoms with Crippen LogP contribution in [-0.2, 0) is 6.54 Å². The van der Waals surface area contributed by atoms with Crippen molar-refractivity contribution in [1.82, 2.24) is 14.9 Å². The zero-order valence-electron chi connectivity index (χ0n) is 13.4. The number of aromatic nitrogens is 2. The molecule has 4 heteroatoms. The number of likely N-dealkylation sites (tertiary alicyclic amines) is 1. The highest BCUT2D eigenvalue weighted by Gasteiger charge is 2.20. The first kappa shape index (κ1) is 15.0. The Bertz CT molecular complexity index is 609. The first-order valence-electron chi connectivity index (χ1n) is 8.02. The highest BCUT2D eigenvalue weighted by Crippen LogP contribution is 2.17. The quantitative estimate of drug-likeness (QED) is 0.941. The van der Waals surface area contributed by atoms with Gasteiger partial charge in [0.25, 0.3) is 0 Å². The molecular weight excluding hydrogens is 272 g/mol. The van der Waals surface area contributed by atoms with Crippen molar-refractivity contribution in [3.05, 3.63) is 53.5 Å². The van der Waals surface area contributed by atoms with Gasteiger partial charge >= 0.3 is 0 Å². The summed E-state index contributed by atoms with van der Waals surface area (Å²) in [5.41, 5.74) is 3.72. The molecule has 1 aromatic heterocycles. The van der Waals surface area contributed by atoms with Crippen LogP contribution in [0.25, 0.3) is 0 Å². The molecule has 1 N–H and O–H groups in total. The van der Waals surface area contributed by atoms with Crippen LogP contribution in [0.2, 0.25) is 0 Å². The third-order valence-corrected chi connectivity index (χ3v) is 4.19. The maximum atomic E-state index is 4.31. The zero-order chi connectivity index (χ0) is 15.4. The Morgan fingerprint density at radius 2 is 2.00 bits per heavy atom. The molecule has 116 valence electrons. The summed E-state index contributed by atoms with van der Waals surface area (Å²) in [6.45, 7) is 7.40. The van der Waals surface area contributed by atoms with Crippen molar-refractivity contribution in [2.24, 2.45) is 0 Å². The Hall–Kier alpha value is -1.94. The third kappa shape index (κ3) is 4.04. The minimum absolute atomic E-state index is 0.466. The number of rotatable bonds is 4. The Labute approximate surface area is 132 Å². The van der Waals surface area contributed by atoms with Crippen LogP contribution >= 0.6 is 0 Å². The van der Waals surface area contributed by atoms with Crippen LogP contribution in [0.1, 0.15) is 29.7 Å². The number of aryl methyl sites for hydroxylation is 2. The van der Waals surface area contributed by atoms with Crippen LogP contribution in [0.15, 0.2) is 36.7 Å². The molecule has 0 spiro atoms. The number of benzene rings is 1. The molecule has 1 aliphatic heterocycles. The Kier molecular flexibility index (Phi) is 4.68. The molecule has 2 heterocycles. The molecule has 1 fully saturated rings. The summed E-state index contributed by atoms with van der Waals surface area (Å²) < 4.78 is 0. The van der Waals surface area contributed by atoms with Crippen molar-refractivity contribution in [2.75, 3.05) is 18.4 Å². The summed E-state index contributed by atoms with van der Waals surface area (Å²) in [5.74, 6) is 0.940. The summed E-state index contributed by atoms with van der Waals surface area (Å²) in [5, 5.41) is 3.55. The van der Waals surface area contributed by atoms with Gasteiger partial charge in [0.15, 0.2) is 0 Å². The van der Waals surface area contributed by atoms with Gasteiger partial charge in [-0.15, -0.1) is 0 Å². The maximum Gasteiger partial charge on any atom is 0.129 e. The van der Waals surface area contributed by atoms with Gasteiger partial charge in [-0.2, -0.15) is 0 Å². The minimum Gasteiger partial charge on any atom is -0.366 e. The molecule has 0 radical (unpaired) electrons. The van der Waals surface area contributed by atoms with E-state index in [1.54, 1.807) is 6.33 Å². The van der Waals surface area contributed by atoms with Crippen molar-refractivity contribution < 1.29 is 0 Å². The SMILES string of the molecule is Cc1ccc(CN2CCCC(Nc3cc(C)ncn3)C2)cc1. The zero-order valence-corrected chi connectivity index (χ0v) is 13.4. The molecular formula is C18H24N4. The molecule has 0 amide bonds. The topological polar surface area (TPSA) is 41.0 Å². The van der Waals surface area contributed by atoms with E-state index in [4.69, 9.17) is 0 Å². The minimum atomic E-state index is 0.466. The first-order valence-corrected chi connectivity index (χ1v) is 8.02. The number of hydrogen-bond acceptors (Lipinski definition) is 4. The number of piperidine rings is 1. The van der Waals surface area contributed by atoms with Crippen molar-refractivity contribution >= 4 is 5.82 Å². The predicted octanol–water partition coefficient (Wildman–Crippen LogP) is 3.17. The van der Waals surface area contributed by atoms with Gasteiger partial charge < -0.3 is 5.32 Å². The van der Waals surface area contributed by atoms with Gasteiger partial charge in [0.05, 0.1) is 0 Å². The maximum absolute atomic E-state index is 4.31. The van der Waals surface area contributed by atoms with Crippen LogP contribution in [0.3, 0.4) is 0 Å². The van der Waals surface area contributed by atoms with Crippen molar-refractivity contribution in [2.45, 2.75) is 39.3 Å². The summed E-state index contributed by atoms with van der Waals surface area (Å²) >= 11 is 0. The molecule has 2 aromatic rings. The first-order chi connectivity index (χ1) is 10.7. The van der Waals surface area contributed by atoms with E-state index in [0.717, 1.165) is 24.6 Å². The van der Waals surface area contributed by atoms with E-state index in [9.17, 15) is 0 Å². The van der Waals surface area contributed by atoms with Crippen molar-refractivity contribution in [3.8, 4) is 0 Å². The Balaban J connectivity index is 1.58. The third-order valence-electron chi connectivity index (χ3n) is 4.19. The highest BCUT2D eigenvalue weighted by molar-refractivity contribution is 5.35. The summed E-state index contributed by atoms with van der Waals surface area (Å²) in [7, 11) is 0. The molecule has 1 atom stereocenters. The summed E-state index contributed by atoms with van der Waals surface area (Å²) in [4.78, 5) is 11.0. The fraction of sp³-hybridized carbons (Fsp3) is 0.444. The highest BCUT2D eigenvalue weighted by atomic mass is 15.2. The lowest BCUT2D eigenvalue weighted by Gasteiger charge is -2.33. The fourth-order valence-corrected chi connectivity index (χ4v) is 3.01. The van der Waals surface area contributed by atoms with E-state index in [1.807, 2.05) is 13.0 Å². The van der Waals surface area contributed by atoms with Gasteiger partial charge in [0.1, 0.15) is 12.1 Å². The number of nitrogens with one attached hydrogen (secondary N) is 1. The van der Waals surface area contributed by atoms with Gasteiger partial charge in [-0.05, 0) is 38.8 Å². The number of nitrogens with zero attached hydrogens (tertiary/aromatic N) is 3. The smallest absolute Gasteiger partial charge is 0.129 e. The summed E-state index contributed by atoms with van der Waals surface area (Å²) in [6, 6.07) is 11.3. The van der Waals surface area contributed by atoms with Gasteiger partial charge in [0, 0.05) is 30.9 Å². The standard InChI is InChI=1S/C18H24N4/c1-14-5-7-16(8-6-14)11-22-9-3-4-17(12-22)21-18-10-15(2)19-13-20-18/h5-8,10,13,17H,3-4,9,11-12H2,1-2H3,(H,19,20,21). The van der Waals surface area contributed by atoms with E-state index in [2.05, 4.69) is 51.4 Å². The van der Waals surface area contributed by atoms with Crippen LogP contribution in [0.4, 0.5) is 5.82 Å². The lowest BCUT2D eigenvalue weighted by Crippen LogP contribution is -2.41. The van der Waals surface area contributed by atoms with Crippen molar-refractivity contribution in [3.63, 3.8) is 0 Å². The van der Waals surface area contributed by atoms with Gasteiger partial charge in [-0.25, -0.2) is 9.97 Å². The van der Waals surface area contributed by atoms with Gasteiger partial charge in [-0.1, -0.05) is 29.8 Å². The van der Waals surface area contributed by atoms with E-state index in [1.165, 1.54) is 30.5 Å². The van der Waals surface area contributed by atoms with Crippen molar-refractivity contribution in [1.29, 1.82) is 0 Å². The molecule has 1 aromatic carbocycles. The lowest BCUT2D eigenvalue weighted by molar-refractivity contribution is 0.208.